The average molecular weight is 338 g/mol. The monoisotopic (exact) mass is 338 g/mol. The normalized spacial score (nSPS) is 11.8. The number of rotatable bonds is 5. The number of aromatic nitrogens is 2. The van der Waals surface area contributed by atoms with Crippen molar-refractivity contribution in [2.24, 2.45) is 5.10 Å². The molecule has 7 heteroatoms. The van der Waals surface area contributed by atoms with Crippen molar-refractivity contribution in [3.63, 3.8) is 0 Å². The van der Waals surface area contributed by atoms with Gasteiger partial charge in [-0.25, -0.2) is 9.82 Å². The van der Waals surface area contributed by atoms with Gasteiger partial charge in [0.15, 0.2) is 0 Å². The summed E-state index contributed by atoms with van der Waals surface area (Å²) >= 11 is 0. The molecule has 0 aliphatic heterocycles. The van der Waals surface area contributed by atoms with Gasteiger partial charge in [-0.05, 0) is 61.0 Å². The number of hydrogen-bond acceptors (Lipinski definition) is 4. The minimum Gasteiger partial charge on any atom is -0.465 e. The van der Waals surface area contributed by atoms with Crippen LogP contribution in [0, 0.1) is 5.82 Å². The van der Waals surface area contributed by atoms with Gasteiger partial charge in [-0.1, -0.05) is 0 Å². The Kier molecular flexibility index (Phi) is 4.84. The van der Waals surface area contributed by atoms with Crippen LogP contribution in [0.3, 0.4) is 0 Å². The third-order valence-electron chi connectivity index (χ3n) is 3.31. The molecule has 0 saturated carbocycles. The van der Waals surface area contributed by atoms with Crippen LogP contribution in [0.5, 0.6) is 0 Å². The van der Waals surface area contributed by atoms with Crippen LogP contribution >= 0.6 is 0 Å². The van der Waals surface area contributed by atoms with Crippen molar-refractivity contribution >= 4 is 18.2 Å². The lowest BCUT2D eigenvalue weighted by Crippen LogP contribution is -2.17. The fraction of sp³-hybridized carbons (Fsp3) is 0.0556. The Morgan fingerprint density at radius 3 is 2.84 bits per heavy atom. The number of carbonyl (C=O) groups is 1. The molecule has 0 aliphatic rings. The standard InChI is InChI=1S/C18H15FN4O2/c1-12(9-15-3-2-8-25-15)11-20-23-18(24)17-10-16(21-22-17)13-4-6-14(19)7-5-13/h2-11H,1H3,(H,21,22)(H,23,24). The number of allylic oxidation sites excluding steroid dienone is 1. The highest BCUT2D eigenvalue weighted by molar-refractivity contribution is 5.94. The predicted octanol–water partition coefficient (Wildman–Crippen LogP) is 3.63. The minimum atomic E-state index is -0.428. The predicted molar refractivity (Wildman–Crippen MR) is 92.3 cm³/mol. The minimum absolute atomic E-state index is 0.254. The topological polar surface area (TPSA) is 83.3 Å². The van der Waals surface area contributed by atoms with Crippen LogP contribution < -0.4 is 5.43 Å². The lowest BCUT2D eigenvalue weighted by molar-refractivity contribution is 0.0950. The zero-order chi connectivity index (χ0) is 17.6. The fourth-order valence-electron chi connectivity index (χ4n) is 2.09. The van der Waals surface area contributed by atoms with Gasteiger partial charge in [0.1, 0.15) is 17.3 Å². The molecule has 0 fully saturated rings. The number of hydrogen-bond donors (Lipinski definition) is 2. The van der Waals surface area contributed by atoms with Crippen LogP contribution in [-0.4, -0.2) is 22.3 Å². The van der Waals surface area contributed by atoms with E-state index in [4.69, 9.17) is 4.42 Å². The first-order valence-corrected chi connectivity index (χ1v) is 7.48. The van der Waals surface area contributed by atoms with Crippen LogP contribution in [0.25, 0.3) is 17.3 Å². The van der Waals surface area contributed by atoms with E-state index in [9.17, 15) is 9.18 Å². The van der Waals surface area contributed by atoms with Gasteiger partial charge in [-0.2, -0.15) is 10.2 Å². The van der Waals surface area contributed by atoms with E-state index in [0.29, 0.717) is 17.0 Å². The number of benzene rings is 1. The van der Waals surface area contributed by atoms with Crippen LogP contribution in [0.2, 0.25) is 0 Å². The molecular formula is C18H15FN4O2. The van der Waals surface area contributed by atoms with E-state index in [1.807, 2.05) is 13.0 Å². The first kappa shape index (κ1) is 16.4. The first-order chi connectivity index (χ1) is 12.1. The molecular weight excluding hydrogens is 323 g/mol. The van der Waals surface area contributed by atoms with Gasteiger partial charge in [-0.3, -0.25) is 9.89 Å². The molecule has 25 heavy (non-hydrogen) atoms. The molecule has 1 aromatic carbocycles. The van der Waals surface area contributed by atoms with Crippen molar-refractivity contribution in [1.29, 1.82) is 0 Å². The summed E-state index contributed by atoms with van der Waals surface area (Å²) in [5.74, 6) is -0.0553. The number of hydrazone groups is 1. The molecule has 1 amide bonds. The number of nitrogens with one attached hydrogen (secondary N) is 2. The summed E-state index contributed by atoms with van der Waals surface area (Å²) in [4.78, 5) is 12.0. The van der Waals surface area contributed by atoms with Crippen molar-refractivity contribution in [2.45, 2.75) is 6.92 Å². The second-order valence-corrected chi connectivity index (χ2v) is 5.28. The van der Waals surface area contributed by atoms with Crippen molar-refractivity contribution in [1.82, 2.24) is 15.6 Å². The molecule has 3 aromatic rings. The van der Waals surface area contributed by atoms with Crippen LogP contribution in [0.15, 0.2) is 63.8 Å². The average Bonchev–Trinajstić information content (AvgIpc) is 3.27. The molecule has 0 unspecified atom stereocenters. The number of carbonyl (C=O) groups excluding carboxylic acids is 1. The molecule has 6 nitrogen and oxygen atoms in total. The van der Waals surface area contributed by atoms with Crippen LogP contribution in [-0.2, 0) is 0 Å². The summed E-state index contributed by atoms with van der Waals surface area (Å²) in [6, 6.07) is 11.0. The lowest BCUT2D eigenvalue weighted by atomic mass is 10.1. The van der Waals surface area contributed by atoms with Crippen molar-refractivity contribution < 1.29 is 13.6 Å². The van der Waals surface area contributed by atoms with Crippen molar-refractivity contribution in [3.8, 4) is 11.3 Å². The van der Waals surface area contributed by atoms with Gasteiger partial charge in [0, 0.05) is 5.56 Å². The van der Waals surface area contributed by atoms with E-state index < -0.39 is 5.91 Å². The largest absolute Gasteiger partial charge is 0.465 e. The summed E-state index contributed by atoms with van der Waals surface area (Å²) in [6.45, 7) is 1.83. The van der Waals surface area contributed by atoms with Gasteiger partial charge in [0.25, 0.3) is 5.91 Å². The maximum absolute atomic E-state index is 12.9. The maximum atomic E-state index is 12.9. The Hall–Kier alpha value is -3.48. The SMILES string of the molecule is CC(C=NNC(=O)c1cc(-c2ccc(F)cc2)n[nH]1)=Cc1ccco1. The highest BCUT2D eigenvalue weighted by Gasteiger charge is 2.10. The first-order valence-electron chi connectivity index (χ1n) is 7.48. The van der Waals surface area contributed by atoms with Crippen molar-refractivity contribution in [2.75, 3.05) is 0 Å². The molecule has 0 saturated heterocycles. The number of H-pyrrole nitrogens is 1. The fourth-order valence-corrected chi connectivity index (χ4v) is 2.09. The molecule has 2 N–H and O–H groups in total. The third-order valence-corrected chi connectivity index (χ3v) is 3.31. The highest BCUT2D eigenvalue weighted by Crippen LogP contribution is 2.17. The Labute approximate surface area is 143 Å². The van der Waals surface area contributed by atoms with E-state index in [1.165, 1.54) is 18.3 Å². The number of amides is 1. The van der Waals surface area contributed by atoms with Gasteiger partial charge in [0.05, 0.1) is 18.2 Å². The van der Waals surface area contributed by atoms with Gasteiger partial charge >= 0.3 is 0 Å². The van der Waals surface area contributed by atoms with Crippen LogP contribution in [0.1, 0.15) is 23.2 Å². The number of nitrogens with zero attached hydrogens (tertiary/aromatic N) is 2. The van der Waals surface area contributed by atoms with E-state index in [0.717, 1.165) is 5.57 Å². The molecule has 0 spiro atoms. The molecule has 0 aliphatic carbocycles. The zero-order valence-corrected chi connectivity index (χ0v) is 13.4. The molecule has 0 atom stereocenters. The highest BCUT2D eigenvalue weighted by atomic mass is 19.1. The second-order valence-electron chi connectivity index (χ2n) is 5.28. The van der Waals surface area contributed by atoms with E-state index in [2.05, 4.69) is 20.7 Å². The third kappa shape index (κ3) is 4.29. The second kappa shape index (κ2) is 7.39. The Morgan fingerprint density at radius 1 is 1.32 bits per heavy atom. The van der Waals surface area contributed by atoms with Crippen LogP contribution in [0.4, 0.5) is 4.39 Å². The molecule has 0 radical (unpaired) electrons. The Bertz CT molecular complexity index is 909. The maximum Gasteiger partial charge on any atom is 0.289 e. The number of aromatic amines is 1. The molecule has 2 heterocycles. The summed E-state index contributed by atoms with van der Waals surface area (Å²) in [5.41, 5.74) is 4.73. The summed E-state index contributed by atoms with van der Waals surface area (Å²) < 4.78 is 18.1. The smallest absolute Gasteiger partial charge is 0.289 e. The molecule has 2 aromatic heterocycles. The lowest BCUT2D eigenvalue weighted by Gasteiger charge is -1.96. The van der Waals surface area contributed by atoms with Gasteiger partial charge in [-0.15, -0.1) is 0 Å². The summed E-state index contributed by atoms with van der Waals surface area (Å²) in [7, 11) is 0. The number of halogens is 1. The summed E-state index contributed by atoms with van der Waals surface area (Å²) in [5, 5.41) is 10.6. The van der Waals surface area contributed by atoms with E-state index in [-0.39, 0.29) is 11.5 Å². The zero-order valence-electron chi connectivity index (χ0n) is 13.4. The van der Waals surface area contributed by atoms with Crippen molar-refractivity contribution in [3.05, 3.63) is 71.6 Å². The number of furan rings is 1. The van der Waals surface area contributed by atoms with E-state index in [1.54, 1.807) is 36.6 Å². The van der Waals surface area contributed by atoms with Gasteiger partial charge < -0.3 is 4.42 Å². The van der Waals surface area contributed by atoms with E-state index >= 15 is 0 Å². The Balaban J connectivity index is 1.62. The molecule has 0 bridgehead atoms. The summed E-state index contributed by atoms with van der Waals surface area (Å²) in [6.07, 6.45) is 4.88. The molecule has 126 valence electrons. The Morgan fingerprint density at radius 2 is 2.12 bits per heavy atom. The molecule has 3 rings (SSSR count). The van der Waals surface area contributed by atoms with Gasteiger partial charge in [0.2, 0.25) is 0 Å². The quantitative estimate of drug-likeness (QED) is 0.550.